The number of fused-ring (bicyclic) bond motifs is 1. The molecule has 12 aliphatic carbocycles. The van der Waals surface area contributed by atoms with Crippen molar-refractivity contribution in [1.82, 2.24) is 0 Å². The molecule has 0 radical (unpaired) electrons. The highest BCUT2D eigenvalue weighted by Crippen LogP contribution is 2.61. The fraction of sp³-hybridized carbons (Fsp3) is 0.634. The molecule has 16 rings (SSSR count). The summed E-state index contributed by atoms with van der Waals surface area (Å²) in [6.07, 6.45) is 9.29. The van der Waals surface area contributed by atoms with Gasteiger partial charge in [0.05, 0.1) is 109 Å². The zero-order valence-electron chi connectivity index (χ0n) is 89.3. The van der Waals surface area contributed by atoms with Crippen molar-refractivity contribution in [3.05, 3.63) is 152 Å². The molecular weight excluding hydrogens is 1960 g/mol. The maximum Gasteiger partial charge on any atom is 0.348 e. The first-order chi connectivity index (χ1) is 66.3. The number of allylic oxidation sites excluding steroid dienone is 2. The lowest BCUT2D eigenvalue weighted by Gasteiger charge is -2.54. The van der Waals surface area contributed by atoms with Crippen molar-refractivity contribution in [1.29, 1.82) is 0 Å². The third-order valence-electron chi connectivity index (χ3n) is 36.0. The minimum absolute atomic E-state index is 0.0115. The number of rotatable bonds is 20. The molecule has 0 amide bonds. The van der Waals surface area contributed by atoms with E-state index in [1.165, 1.54) is 24.6 Å². The van der Waals surface area contributed by atoms with Crippen LogP contribution in [0.3, 0.4) is 0 Å². The highest BCUT2D eigenvalue weighted by molar-refractivity contribution is 7.11. The van der Waals surface area contributed by atoms with Crippen LogP contribution in [0.15, 0.2) is 115 Å². The van der Waals surface area contributed by atoms with Gasteiger partial charge < -0.3 is 52.9 Å². The molecule has 0 saturated heterocycles. The monoisotopic (exact) mass is 2120 g/mol. The van der Waals surface area contributed by atoms with Gasteiger partial charge in [-0.05, 0) is 210 Å². The molecule has 10 fully saturated rings. The number of halogens is 3. The first-order valence-electron chi connectivity index (χ1n) is 49.7. The number of hydrogen-bond acceptors (Lipinski definition) is 22. The molecule has 26 nitrogen and oxygen atoms in total. The largest absolute Gasteiger partial charge is 0.481 e. The third-order valence-corrected chi connectivity index (χ3v) is 37.5. The van der Waals surface area contributed by atoms with Crippen LogP contribution in [0, 0.1) is 173 Å². The molecule has 4 unspecified atom stereocenters. The van der Waals surface area contributed by atoms with Gasteiger partial charge in [0.15, 0.2) is 5.78 Å². The van der Waals surface area contributed by atoms with E-state index in [1.807, 2.05) is 181 Å². The topological polar surface area (TPSA) is 402 Å². The number of carboxylic acids is 4. The van der Waals surface area contributed by atoms with Crippen molar-refractivity contribution in [3.8, 4) is 0 Å². The number of benzene rings is 4. The van der Waals surface area contributed by atoms with E-state index in [9.17, 15) is 71.9 Å². The second kappa shape index (κ2) is 50.3. The van der Waals surface area contributed by atoms with Crippen LogP contribution in [-0.4, -0.2) is 109 Å². The van der Waals surface area contributed by atoms with Crippen LogP contribution in [0.4, 0.5) is 0 Å². The van der Waals surface area contributed by atoms with Crippen molar-refractivity contribution in [3.63, 3.8) is 0 Å². The third kappa shape index (κ3) is 29.0. The average Bonchev–Trinajstić information content (AvgIpc) is 0.715. The molecule has 0 aliphatic heterocycles. The molecular formula is C112H158Cl3O26P3. The summed E-state index contributed by atoms with van der Waals surface area (Å²) in [7, 11) is 5.73. The summed E-state index contributed by atoms with van der Waals surface area (Å²) in [5.41, 5.74) is 3.12. The number of Topliss-reactive ketones (excluding diaryl/α,β-unsaturated/α-hetero) is 2. The Hall–Kier alpha value is -8.37. The average molecular weight is 2120 g/mol. The number of esters is 5. The minimum atomic E-state index is -0.959. The van der Waals surface area contributed by atoms with Gasteiger partial charge in [-0.15, -0.1) is 0 Å². The van der Waals surface area contributed by atoms with Crippen molar-refractivity contribution < 1.29 is 125 Å². The van der Waals surface area contributed by atoms with Gasteiger partial charge in [-0.1, -0.05) is 304 Å². The lowest BCUT2D eigenvalue weighted by Crippen LogP contribution is -2.53. The Bertz CT molecular complexity index is 4970. The Kier molecular flexibility index (Phi) is 43.4. The van der Waals surface area contributed by atoms with E-state index >= 15 is 0 Å². The van der Waals surface area contributed by atoms with E-state index in [0.29, 0.717) is 86.3 Å². The quantitative estimate of drug-likeness (QED) is 0.0276. The van der Waals surface area contributed by atoms with Gasteiger partial charge >= 0.3 is 71.6 Å². The van der Waals surface area contributed by atoms with E-state index in [2.05, 4.69) is 111 Å². The van der Waals surface area contributed by atoms with E-state index in [-0.39, 0.29) is 171 Å². The van der Waals surface area contributed by atoms with Crippen LogP contribution in [0.5, 0.6) is 0 Å². The summed E-state index contributed by atoms with van der Waals surface area (Å²) < 4.78 is 34.7. The van der Waals surface area contributed by atoms with Crippen LogP contribution in [-0.2, 0) is 119 Å². The molecule has 32 heteroatoms. The van der Waals surface area contributed by atoms with E-state index < -0.39 is 70.4 Å². The molecule has 2 bridgehead atoms. The highest BCUT2D eigenvalue weighted by Gasteiger charge is 2.61. The maximum absolute atomic E-state index is 12.3. The zero-order chi connectivity index (χ0) is 110. The maximum atomic E-state index is 12.3. The summed E-state index contributed by atoms with van der Waals surface area (Å²) in [6.45, 7) is 57.2. The molecule has 4 aromatic carbocycles. The molecule has 4 N–H and O–H groups in total. The van der Waals surface area contributed by atoms with Crippen LogP contribution in [0.25, 0.3) is 0 Å². The van der Waals surface area contributed by atoms with Gasteiger partial charge in [0.1, 0.15) is 31.4 Å². The number of carbonyl (C=O) groups is 15. The predicted molar refractivity (Wildman–Crippen MR) is 561 cm³/mol. The molecule has 4 aromatic rings. The standard InChI is InChI=1S/C15H14Cl3O5P.3C15H20O2.C10H14O.C9H15O3P.C9H14O3.C8H13O4P.2C8H14O2/c1-15(2)7(5-8(15)13(20)23-24)12(19)22-14(21)11-9(17)3-6(16)4-10(11)18;3*1-11-9-13(15(11,2)3)14(16)17-10-12-7-5-4-6-8-12;1-6-4-9(11)8-5-7(6)10(8,2)3;1-5(10)6-4-7(8(11)12-13)9(6,2)3;1-5(10)6-4-7(8(11)12)9(6,2)3;1-8(2)4(6(9)10)3-5(8)7(11)12-13;2*1-5-4-6(7(9)10)8(5,2)3/h3-4,7-8H,5,24H2,1-2H3;3*4-8,11,13H,9-10H2,1-3H3;4,7-8H,5H2,1-3H3;6-7H,4,13H2,1-3H3;6-7H,4H2,1-3H3,(H,11,12);4-5H,3,13H2,1-2H3,(H,9,10);2*5-6H,4H2,1-3H3,(H,9,10)/t7-,8+;3*11-,13-;7-,8?;2*6-,7+;4-,5+;2*5-,6-/m0111000011/s1. The SMILES string of the molecule is CC(=O)[C@@H]1C[C@H](C(=O)O)C1(C)C.CC(=O)[C@@H]1C[C@H](C(=O)OP)C1(C)C.CC1(C)[C@@H](C(=O)OP)C[C@H]1C(=O)O.CC1(C)[C@@H](C(=O)OP)C[C@H]1C(=O)OC(=O)c1c(Cl)cc(Cl)cc1Cl.CC1=CC(=O)C2C[C@@H]1C2(C)C.C[C@@H]1C[C@H](C(=O)O)C1(C)C.C[C@@H]1C[C@H](C(=O)O)C1(C)C.C[C@@H]1C[C@H](C(=O)OCc2ccccc2)C1(C)C.C[C@@H]1C[C@H](C(=O)OCc2ccccc2)C1(C)C.C[C@@H]1C[C@H](C(=O)OCc2ccccc2)C1(C)C. The predicted octanol–water partition coefficient (Wildman–Crippen LogP) is 24.2. The van der Waals surface area contributed by atoms with Crippen LogP contribution in [0.1, 0.15) is 285 Å². The fourth-order valence-electron chi connectivity index (χ4n) is 21.6. The smallest absolute Gasteiger partial charge is 0.348 e. The van der Waals surface area contributed by atoms with E-state index in [4.69, 9.17) is 74.2 Å². The van der Waals surface area contributed by atoms with Gasteiger partial charge in [0.25, 0.3) is 0 Å². The number of hydrogen-bond donors (Lipinski definition) is 4. The van der Waals surface area contributed by atoms with Gasteiger partial charge in [-0.3, -0.25) is 67.1 Å². The molecule has 144 heavy (non-hydrogen) atoms. The Balaban J connectivity index is 0.000000247. The van der Waals surface area contributed by atoms with Gasteiger partial charge in [-0.25, -0.2) is 4.79 Å². The molecule has 0 spiro atoms. The molecule has 12 aliphatic rings. The van der Waals surface area contributed by atoms with Crippen LogP contribution in [0.2, 0.25) is 15.1 Å². The van der Waals surface area contributed by atoms with Gasteiger partial charge in [-0.2, -0.15) is 0 Å². The first kappa shape index (κ1) is 124. The molecule has 23 atom stereocenters. The van der Waals surface area contributed by atoms with E-state index in [1.54, 1.807) is 34.6 Å². The summed E-state index contributed by atoms with van der Waals surface area (Å²) >= 11 is 17.6. The minimum Gasteiger partial charge on any atom is -0.481 e. The first-order valence-corrected chi connectivity index (χ1v) is 52.2. The Morgan fingerprint density at radius 3 is 0.750 bits per heavy atom. The Morgan fingerprint density at radius 1 is 0.312 bits per heavy atom. The van der Waals surface area contributed by atoms with Crippen LogP contribution >= 0.6 is 63.2 Å². The second-order valence-electron chi connectivity index (χ2n) is 47.3. The number of carboxylic acid groups (broad SMARTS) is 4. The number of aliphatic carboxylic acids is 4. The fourth-order valence-corrected chi connectivity index (χ4v) is 23.0. The number of carbonyl (C=O) groups excluding carboxylic acids is 11. The van der Waals surface area contributed by atoms with Crippen molar-refractivity contribution in [2.45, 2.75) is 278 Å². The molecule has 10 saturated carbocycles. The number of ether oxygens (including phenoxy) is 4. The van der Waals surface area contributed by atoms with Crippen molar-refractivity contribution in [2.75, 3.05) is 0 Å². The van der Waals surface area contributed by atoms with Crippen LogP contribution < -0.4 is 0 Å². The van der Waals surface area contributed by atoms with Gasteiger partial charge in [0, 0.05) is 22.8 Å². The highest BCUT2D eigenvalue weighted by atomic mass is 35.5. The van der Waals surface area contributed by atoms with Crippen molar-refractivity contribution in [2.24, 2.45) is 173 Å². The lowest BCUT2D eigenvalue weighted by atomic mass is 9.49. The summed E-state index contributed by atoms with van der Waals surface area (Å²) in [6, 6.07) is 32.1. The Morgan fingerprint density at radius 2 is 0.542 bits per heavy atom. The molecule has 798 valence electrons. The number of ketones is 3. The summed E-state index contributed by atoms with van der Waals surface area (Å²) in [4.78, 5) is 170. The zero-order valence-corrected chi connectivity index (χ0v) is 95.0. The van der Waals surface area contributed by atoms with Crippen molar-refractivity contribution >= 4 is 152 Å². The molecule has 0 heterocycles. The lowest BCUT2D eigenvalue weighted by molar-refractivity contribution is -0.171. The summed E-state index contributed by atoms with van der Waals surface area (Å²) in [5, 5.41) is 35.1. The normalized spacial score (nSPS) is 29.1. The molecule has 0 aromatic heterocycles. The Labute approximate surface area is 874 Å². The second-order valence-corrected chi connectivity index (χ2v) is 49.2. The summed E-state index contributed by atoms with van der Waals surface area (Å²) in [5.74, 6) is -3.40. The van der Waals surface area contributed by atoms with Gasteiger partial charge in [0.2, 0.25) is 0 Å². The van der Waals surface area contributed by atoms with E-state index in [0.717, 1.165) is 55.2 Å².